The molecule has 1 nitrogen and oxygen atoms in total. The average molecular weight is 215 g/mol. The van der Waals surface area contributed by atoms with Crippen LogP contribution in [0.5, 0.6) is 0 Å². The first-order valence-corrected chi connectivity index (χ1v) is 6.51. The molecule has 1 rings (SSSR count). The molecule has 0 aromatic rings. The largest absolute Gasteiger partial charge is 0.300 e. The maximum Gasteiger partial charge on any atom is 0.0238 e. The Bertz CT molecular complexity index is 162. The van der Waals surface area contributed by atoms with Crippen LogP contribution in [0, 0.1) is 5.92 Å². The third kappa shape index (κ3) is 3.47. The van der Waals surface area contributed by atoms with E-state index in [9.17, 15) is 0 Å². The van der Waals surface area contributed by atoms with Gasteiger partial charge in [-0.1, -0.05) is 19.3 Å². The van der Waals surface area contributed by atoms with E-state index in [1.807, 2.05) is 0 Å². The van der Waals surface area contributed by atoms with Gasteiger partial charge in [0.2, 0.25) is 0 Å². The summed E-state index contributed by atoms with van der Waals surface area (Å²) in [5, 5.41) is 0. The fraction of sp³-hybridized carbons (Fsp3) is 1.00. The zero-order valence-corrected chi connectivity index (χ0v) is 10.8. The molecule has 0 N–H and O–H groups in total. The molecule has 0 aromatic carbocycles. The van der Waals surface area contributed by atoms with Crippen molar-refractivity contribution in [1.82, 2.24) is 4.90 Å². The van der Waals surface area contributed by atoms with Gasteiger partial charge < -0.3 is 4.90 Å². The average Bonchev–Trinajstić information content (AvgIpc) is 2.19. The minimum Gasteiger partial charge on any atom is -0.300 e. The molecule has 1 aliphatic rings. The molecular weight excluding hydrogens is 190 g/mol. The molecule has 1 fully saturated rings. The number of hydrogen-bond acceptors (Lipinski definition) is 2. The van der Waals surface area contributed by atoms with Gasteiger partial charge in [-0.05, 0) is 39.7 Å². The summed E-state index contributed by atoms with van der Waals surface area (Å²) in [5.74, 6) is 1.88. The molecule has 0 atom stereocenters. The Balaban J connectivity index is 2.34. The minimum absolute atomic E-state index is 0.251. The minimum atomic E-state index is 0.251. The van der Waals surface area contributed by atoms with Gasteiger partial charge in [0.1, 0.15) is 0 Å². The Morgan fingerprint density at radius 3 is 2.29 bits per heavy atom. The molecule has 0 saturated heterocycles. The van der Waals surface area contributed by atoms with Crippen molar-refractivity contribution < 1.29 is 0 Å². The zero-order valence-electron chi connectivity index (χ0n) is 9.92. The molecule has 0 amide bonds. The normalized spacial score (nSPS) is 20.4. The van der Waals surface area contributed by atoms with E-state index < -0.39 is 0 Å². The summed E-state index contributed by atoms with van der Waals surface area (Å²) in [6, 6.07) is 0. The van der Waals surface area contributed by atoms with E-state index in [2.05, 4.69) is 38.4 Å². The predicted molar refractivity (Wildman–Crippen MR) is 67.1 cm³/mol. The van der Waals surface area contributed by atoms with Crippen LogP contribution in [-0.4, -0.2) is 29.8 Å². The lowest BCUT2D eigenvalue weighted by molar-refractivity contribution is 0.137. The van der Waals surface area contributed by atoms with Crippen LogP contribution in [0.3, 0.4) is 0 Å². The molecule has 0 radical (unpaired) electrons. The van der Waals surface area contributed by atoms with E-state index in [0.717, 1.165) is 11.7 Å². The molecule has 0 aliphatic heterocycles. The van der Waals surface area contributed by atoms with Gasteiger partial charge >= 0.3 is 0 Å². The second-order valence-corrected chi connectivity index (χ2v) is 5.67. The highest BCUT2D eigenvalue weighted by atomic mass is 32.1. The first-order chi connectivity index (χ1) is 6.56. The van der Waals surface area contributed by atoms with Crippen LogP contribution >= 0.6 is 12.6 Å². The summed E-state index contributed by atoms with van der Waals surface area (Å²) >= 11 is 4.42. The second kappa shape index (κ2) is 5.41. The van der Waals surface area contributed by atoms with Gasteiger partial charge in [0.15, 0.2) is 0 Å². The summed E-state index contributed by atoms with van der Waals surface area (Å²) in [5.41, 5.74) is 0.251. The van der Waals surface area contributed by atoms with Gasteiger partial charge in [-0.25, -0.2) is 0 Å². The molecule has 0 heterocycles. The van der Waals surface area contributed by atoms with Crippen molar-refractivity contribution >= 4 is 12.6 Å². The third-order valence-electron chi connectivity index (χ3n) is 3.68. The van der Waals surface area contributed by atoms with Crippen molar-refractivity contribution in [3.63, 3.8) is 0 Å². The first-order valence-electron chi connectivity index (χ1n) is 5.88. The quantitative estimate of drug-likeness (QED) is 0.705. The fourth-order valence-electron chi connectivity index (χ4n) is 2.12. The predicted octanol–water partition coefficient (Wildman–Crippen LogP) is 3.21. The van der Waals surface area contributed by atoms with Crippen molar-refractivity contribution in [3.05, 3.63) is 0 Å². The van der Waals surface area contributed by atoms with Gasteiger partial charge in [0.05, 0.1) is 0 Å². The molecular formula is C12H25NS. The van der Waals surface area contributed by atoms with E-state index in [4.69, 9.17) is 0 Å². The van der Waals surface area contributed by atoms with Crippen LogP contribution in [0.2, 0.25) is 0 Å². The fourth-order valence-corrected chi connectivity index (χ4v) is 2.37. The molecule has 84 valence electrons. The van der Waals surface area contributed by atoms with E-state index in [-0.39, 0.29) is 5.54 Å². The Hall–Kier alpha value is 0.310. The second-order valence-electron chi connectivity index (χ2n) is 5.36. The van der Waals surface area contributed by atoms with Gasteiger partial charge in [0, 0.05) is 17.8 Å². The topological polar surface area (TPSA) is 3.24 Å². The number of hydrogen-bond donors (Lipinski definition) is 1. The zero-order chi connectivity index (χ0) is 10.6. The van der Waals surface area contributed by atoms with Crippen molar-refractivity contribution in [2.45, 2.75) is 51.5 Å². The maximum absolute atomic E-state index is 4.42. The molecule has 1 aliphatic carbocycles. The van der Waals surface area contributed by atoms with Gasteiger partial charge in [-0.2, -0.15) is 12.6 Å². The SMILES string of the molecule is CN(CC1CCCCC1)C(C)(C)CS. The Labute approximate surface area is 94.7 Å². The van der Waals surface area contributed by atoms with Gasteiger partial charge in [-0.3, -0.25) is 0 Å². The maximum atomic E-state index is 4.42. The summed E-state index contributed by atoms with van der Waals surface area (Å²) in [7, 11) is 2.24. The van der Waals surface area contributed by atoms with Crippen molar-refractivity contribution in [3.8, 4) is 0 Å². The Kier molecular flexibility index (Phi) is 4.78. The number of thiol groups is 1. The molecule has 1 saturated carbocycles. The van der Waals surface area contributed by atoms with Gasteiger partial charge in [-0.15, -0.1) is 0 Å². The van der Waals surface area contributed by atoms with Crippen LogP contribution in [0.1, 0.15) is 46.0 Å². The standard InChI is InChI=1S/C12H25NS/c1-12(2,10-14)13(3)9-11-7-5-4-6-8-11/h11,14H,4-10H2,1-3H3. The summed E-state index contributed by atoms with van der Waals surface area (Å²) in [6.07, 6.45) is 7.22. The summed E-state index contributed by atoms with van der Waals surface area (Å²) in [4.78, 5) is 2.48. The van der Waals surface area contributed by atoms with E-state index >= 15 is 0 Å². The molecule has 0 unspecified atom stereocenters. The van der Waals surface area contributed by atoms with E-state index in [1.165, 1.54) is 38.6 Å². The van der Waals surface area contributed by atoms with Crippen LogP contribution in [0.15, 0.2) is 0 Å². The molecule has 0 bridgehead atoms. The highest BCUT2D eigenvalue weighted by Crippen LogP contribution is 2.26. The van der Waals surface area contributed by atoms with Crippen LogP contribution in [0.4, 0.5) is 0 Å². The lowest BCUT2D eigenvalue weighted by Gasteiger charge is -2.37. The lowest BCUT2D eigenvalue weighted by Crippen LogP contribution is -2.45. The highest BCUT2D eigenvalue weighted by Gasteiger charge is 2.24. The molecule has 0 aromatic heterocycles. The number of rotatable bonds is 4. The lowest BCUT2D eigenvalue weighted by atomic mass is 9.88. The van der Waals surface area contributed by atoms with Crippen molar-refractivity contribution in [2.24, 2.45) is 5.92 Å². The van der Waals surface area contributed by atoms with Crippen molar-refractivity contribution in [2.75, 3.05) is 19.3 Å². The third-order valence-corrected chi connectivity index (χ3v) is 4.45. The Morgan fingerprint density at radius 1 is 1.21 bits per heavy atom. The molecule has 0 spiro atoms. The molecule has 2 heteroatoms. The van der Waals surface area contributed by atoms with Gasteiger partial charge in [0.25, 0.3) is 0 Å². The van der Waals surface area contributed by atoms with Crippen LogP contribution in [0.25, 0.3) is 0 Å². The number of nitrogens with zero attached hydrogens (tertiary/aromatic N) is 1. The van der Waals surface area contributed by atoms with E-state index in [1.54, 1.807) is 0 Å². The summed E-state index contributed by atoms with van der Waals surface area (Å²) in [6.45, 7) is 5.82. The monoisotopic (exact) mass is 215 g/mol. The Morgan fingerprint density at radius 2 is 1.79 bits per heavy atom. The van der Waals surface area contributed by atoms with Crippen molar-refractivity contribution in [1.29, 1.82) is 0 Å². The van der Waals surface area contributed by atoms with Crippen LogP contribution < -0.4 is 0 Å². The highest BCUT2D eigenvalue weighted by molar-refractivity contribution is 7.80. The first kappa shape index (κ1) is 12.4. The van der Waals surface area contributed by atoms with Crippen LogP contribution in [-0.2, 0) is 0 Å². The van der Waals surface area contributed by atoms with E-state index in [0.29, 0.717) is 0 Å². The smallest absolute Gasteiger partial charge is 0.0238 e. The molecule has 14 heavy (non-hydrogen) atoms. The summed E-state index contributed by atoms with van der Waals surface area (Å²) < 4.78 is 0.